The van der Waals surface area contributed by atoms with Gasteiger partial charge in [-0.05, 0) is 63.4 Å². The molecule has 40 heavy (non-hydrogen) atoms. The molecule has 0 aromatic heterocycles. The number of phenolic OH excluding ortho intramolecular Hbond substituents is 1. The van der Waals surface area contributed by atoms with Gasteiger partial charge in [0.15, 0.2) is 5.43 Å². The third-order valence-corrected chi connectivity index (χ3v) is 7.93. The fourth-order valence-electron chi connectivity index (χ4n) is 4.55. The molecule has 0 fully saturated rings. The number of aromatic hydroxyl groups is 1. The zero-order chi connectivity index (χ0) is 30.6. The Bertz CT molecular complexity index is 1610. The number of benzene rings is 3. The molecule has 4 N–H and O–H groups in total. The first-order valence-corrected chi connectivity index (χ1v) is 14.4. The second-order valence-corrected chi connectivity index (χ2v) is 10.0. The molecule has 2 aromatic carbocycles. The Kier molecular flexibility index (Phi) is 11.5. The highest BCUT2D eigenvalue weighted by atomic mass is 35.5. The van der Waals surface area contributed by atoms with Crippen LogP contribution in [0.1, 0.15) is 65.9 Å². The van der Waals surface area contributed by atoms with Crippen molar-refractivity contribution < 1.29 is 14.3 Å². The van der Waals surface area contributed by atoms with E-state index in [0.29, 0.717) is 61.2 Å². The lowest BCUT2D eigenvalue weighted by Gasteiger charge is -2.23. The molecule has 1 amide bonds. The third-order valence-electron chi connectivity index (χ3n) is 6.51. The summed E-state index contributed by atoms with van der Waals surface area (Å²) in [6.45, 7) is 17.0. The largest absolute Gasteiger partial charge is 0.507 e. The predicted molar refractivity (Wildman–Crippen MR) is 169 cm³/mol. The number of rotatable bonds is 4. The average molecular weight is 608 g/mol. The molecule has 0 saturated heterocycles. The Labute approximate surface area is 250 Å². The Morgan fingerprint density at radius 2 is 1.48 bits per heavy atom. The maximum atomic E-state index is 13.4. The van der Waals surface area contributed by atoms with Crippen LogP contribution in [0.4, 0.5) is 0 Å². The lowest BCUT2D eigenvalue weighted by atomic mass is 9.86. The van der Waals surface area contributed by atoms with Crippen molar-refractivity contribution in [3.8, 4) is 28.2 Å². The smallest absolute Gasteiger partial charge is 0.253 e. The number of nitrogens with one attached hydrogen (secondary N) is 1. The Balaban J connectivity index is 0.00000134. The van der Waals surface area contributed by atoms with E-state index in [1.165, 1.54) is 0 Å². The highest BCUT2D eigenvalue weighted by Gasteiger charge is 2.31. The van der Waals surface area contributed by atoms with Gasteiger partial charge in [-0.2, -0.15) is 0 Å². The summed E-state index contributed by atoms with van der Waals surface area (Å²) in [5, 5.41) is 14.5. The number of hydrogen-bond acceptors (Lipinski definition) is 5. The van der Waals surface area contributed by atoms with Crippen molar-refractivity contribution in [1.82, 2.24) is 5.32 Å². The second kappa shape index (κ2) is 13.7. The molecule has 0 radical (unpaired) electrons. The van der Waals surface area contributed by atoms with E-state index in [4.69, 9.17) is 45.0 Å². The van der Waals surface area contributed by atoms with Crippen molar-refractivity contribution in [2.75, 3.05) is 13.1 Å². The molecule has 0 bridgehead atoms. The Hall–Kier alpha value is -2.77. The first kappa shape index (κ1) is 33.4. The van der Waals surface area contributed by atoms with Crippen LogP contribution >= 0.6 is 34.8 Å². The zero-order valence-electron chi connectivity index (χ0n) is 24.5. The molecule has 2 aliphatic rings. The number of halogens is 3. The van der Waals surface area contributed by atoms with Crippen LogP contribution in [0.25, 0.3) is 33.4 Å². The highest BCUT2D eigenvalue weighted by molar-refractivity contribution is 6.47. The van der Waals surface area contributed by atoms with Crippen LogP contribution in [0, 0.1) is 34.6 Å². The lowest BCUT2D eigenvalue weighted by molar-refractivity contribution is 0.0955. The second-order valence-electron chi connectivity index (χ2n) is 8.91. The normalized spacial score (nSPS) is 10.6. The molecule has 1 aliphatic carbocycles. The van der Waals surface area contributed by atoms with E-state index in [2.05, 4.69) is 5.32 Å². The fraction of sp³-hybridized carbons (Fsp3) is 0.355. The van der Waals surface area contributed by atoms with Crippen LogP contribution in [-0.4, -0.2) is 24.1 Å². The summed E-state index contributed by atoms with van der Waals surface area (Å²) in [6.07, 6.45) is 0. The third kappa shape index (κ3) is 5.68. The van der Waals surface area contributed by atoms with Gasteiger partial charge in [-0.15, -0.1) is 0 Å². The van der Waals surface area contributed by atoms with Crippen LogP contribution in [0.5, 0.6) is 5.75 Å². The number of hydrogen-bond donors (Lipinski definition) is 3. The topological polar surface area (TPSA) is 106 Å². The van der Waals surface area contributed by atoms with Crippen molar-refractivity contribution in [2.45, 2.75) is 62.3 Å². The summed E-state index contributed by atoms with van der Waals surface area (Å²) in [4.78, 5) is 26.2. The number of carbonyl (C=O) groups is 1. The van der Waals surface area contributed by atoms with Crippen LogP contribution in [0.3, 0.4) is 0 Å². The number of phenols is 1. The molecule has 0 spiro atoms. The van der Waals surface area contributed by atoms with Crippen LogP contribution in [0.2, 0.25) is 15.1 Å². The zero-order valence-corrected chi connectivity index (χ0v) is 26.7. The maximum absolute atomic E-state index is 13.4. The van der Waals surface area contributed by atoms with E-state index >= 15 is 0 Å². The standard InChI is InChI=1S/C27H25Cl3N2O4.2C2H6/c1-10-8-15-17(18-19(27(35)32-7-6-31)20(28)12(3)21(29)22(18)30)16-9-11(2)24(34)14(5)26(16)36-25(15)13(4)23(10)33;2*1-2/h8-9,33H,6-7,31H2,1-5H3,(H,32,35);2*1-2H3. The first-order valence-electron chi connectivity index (χ1n) is 13.3. The van der Waals surface area contributed by atoms with E-state index < -0.39 is 5.91 Å². The lowest BCUT2D eigenvalue weighted by Crippen LogP contribution is -2.30. The van der Waals surface area contributed by atoms with Gasteiger partial charge in [-0.25, -0.2) is 0 Å². The minimum absolute atomic E-state index is 0.0654. The Morgan fingerprint density at radius 3 is 2.05 bits per heavy atom. The molecule has 0 saturated carbocycles. The van der Waals surface area contributed by atoms with Crippen molar-refractivity contribution in [3.63, 3.8) is 0 Å². The summed E-state index contributed by atoms with van der Waals surface area (Å²) in [5.74, 6) is -0.0855. The van der Waals surface area contributed by atoms with Gasteiger partial charge in [0.1, 0.15) is 17.1 Å². The molecule has 6 nitrogen and oxygen atoms in total. The van der Waals surface area contributed by atoms with Gasteiger partial charge in [-0.1, -0.05) is 62.5 Å². The van der Waals surface area contributed by atoms with E-state index in [1.807, 2.05) is 27.7 Å². The van der Waals surface area contributed by atoms with Crippen molar-refractivity contribution in [2.24, 2.45) is 5.73 Å². The van der Waals surface area contributed by atoms with E-state index in [9.17, 15) is 14.7 Å². The maximum Gasteiger partial charge on any atom is 0.253 e. The quantitative estimate of drug-likeness (QED) is 0.159. The van der Waals surface area contributed by atoms with Crippen LogP contribution in [0.15, 0.2) is 21.3 Å². The molecule has 0 unspecified atom stereocenters. The summed E-state index contributed by atoms with van der Waals surface area (Å²) >= 11 is 20.2. The monoisotopic (exact) mass is 606 g/mol. The van der Waals surface area contributed by atoms with Crippen molar-refractivity contribution in [1.29, 1.82) is 0 Å². The fourth-order valence-corrected chi connectivity index (χ4v) is 5.40. The average Bonchev–Trinajstić information content (AvgIpc) is 2.96. The predicted octanol–water partition coefficient (Wildman–Crippen LogP) is 8.51. The van der Waals surface area contributed by atoms with Gasteiger partial charge in [0.05, 0.1) is 20.6 Å². The number of fused-ring (bicyclic) bond motifs is 2. The van der Waals surface area contributed by atoms with Crippen molar-refractivity contribution >= 4 is 51.7 Å². The Morgan fingerprint density at radius 1 is 0.875 bits per heavy atom. The molecule has 0 atom stereocenters. The SMILES string of the molecule is CC.CC.Cc1cc2c(-c3c(Cl)c(Cl)c(C)c(Cl)c3C(=O)NCCN)c3cc(C)c(=O)c(C)c-3oc2c(C)c1O. The number of amides is 1. The van der Waals surface area contributed by atoms with Gasteiger partial charge in [-0.3, -0.25) is 9.59 Å². The molecule has 4 rings (SSSR count). The summed E-state index contributed by atoms with van der Waals surface area (Å²) in [6, 6.07) is 3.46. The molecular weight excluding hydrogens is 571 g/mol. The molecule has 1 aliphatic heterocycles. The van der Waals surface area contributed by atoms with E-state index in [-0.39, 0.29) is 44.9 Å². The van der Waals surface area contributed by atoms with Gasteiger partial charge >= 0.3 is 0 Å². The number of aryl methyl sites for hydroxylation is 3. The van der Waals surface area contributed by atoms with E-state index in [1.54, 1.807) is 46.8 Å². The molecule has 2 aromatic rings. The number of carbonyl (C=O) groups excluding carboxylic acids is 1. The van der Waals surface area contributed by atoms with Gasteiger partial charge < -0.3 is 20.6 Å². The molecule has 216 valence electrons. The highest BCUT2D eigenvalue weighted by Crippen LogP contribution is 2.51. The summed E-state index contributed by atoms with van der Waals surface area (Å²) in [5.41, 5.74) is 9.74. The van der Waals surface area contributed by atoms with Gasteiger partial charge in [0, 0.05) is 46.3 Å². The molecular formula is C31H37Cl3N2O4. The van der Waals surface area contributed by atoms with Gasteiger partial charge in [0.2, 0.25) is 0 Å². The number of nitrogens with two attached hydrogens (primary N) is 1. The van der Waals surface area contributed by atoms with Crippen molar-refractivity contribution in [3.05, 3.63) is 70.8 Å². The summed E-state index contributed by atoms with van der Waals surface area (Å²) in [7, 11) is 0. The molecule has 1 heterocycles. The van der Waals surface area contributed by atoms with Crippen LogP contribution in [-0.2, 0) is 0 Å². The minimum Gasteiger partial charge on any atom is -0.507 e. The van der Waals surface area contributed by atoms with Gasteiger partial charge in [0.25, 0.3) is 5.91 Å². The summed E-state index contributed by atoms with van der Waals surface area (Å²) < 4.78 is 6.24. The first-order chi connectivity index (χ1) is 18.9. The minimum atomic E-state index is -0.467. The van der Waals surface area contributed by atoms with Crippen LogP contribution < -0.4 is 16.5 Å². The molecule has 9 heteroatoms. The van der Waals surface area contributed by atoms with E-state index in [0.717, 1.165) is 0 Å².